The Bertz CT molecular complexity index is 892. The summed E-state index contributed by atoms with van der Waals surface area (Å²) in [6.45, 7) is 11.1. The third-order valence-electron chi connectivity index (χ3n) is 5.89. The summed E-state index contributed by atoms with van der Waals surface area (Å²) in [4.78, 5) is 16.9. The molecule has 7 heteroatoms. The Morgan fingerprint density at radius 2 is 2.13 bits per heavy atom. The minimum atomic E-state index is -0.454. The number of benzene rings is 1. The Hall–Kier alpha value is -2.38. The van der Waals surface area contributed by atoms with Crippen LogP contribution >= 0.6 is 0 Å². The molecule has 2 saturated heterocycles. The lowest BCUT2D eigenvalue weighted by atomic mass is 9.89. The molecular formula is C23H32FN5O. The average molecular weight is 414 g/mol. The molecule has 0 bridgehead atoms. The van der Waals surface area contributed by atoms with E-state index in [1.54, 1.807) is 17.0 Å². The van der Waals surface area contributed by atoms with Crippen LogP contribution in [0.4, 0.5) is 4.39 Å². The molecule has 3 N–H and O–H groups in total. The van der Waals surface area contributed by atoms with Crippen LogP contribution < -0.4 is 5.32 Å². The molecule has 30 heavy (non-hydrogen) atoms. The highest BCUT2D eigenvalue weighted by Crippen LogP contribution is 2.33. The van der Waals surface area contributed by atoms with Crippen molar-refractivity contribution in [3.63, 3.8) is 0 Å². The number of carbonyl (C=O) groups is 1. The number of carbonyl (C=O) groups excluding carboxylic acids is 1. The summed E-state index contributed by atoms with van der Waals surface area (Å²) in [6, 6.07) is 4.90. The topological polar surface area (TPSA) is 83.3 Å². The molecule has 0 spiro atoms. The molecule has 1 amide bonds. The molecule has 6 nitrogen and oxygen atoms in total. The van der Waals surface area contributed by atoms with Crippen molar-refractivity contribution >= 4 is 17.3 Å². The summed E-state index contributed by atoms with van der Waals surface area (Å²) < 4.78 is 13.4. The zero-order chi connectivity index (χ0) is 22.1. The molecule has 162 valence electrons. The van der Waals surface area contributed by atoms with Crippen molar-refractivity contribution < 1.29 is 9.18 Å². The number of rotatable bonds is 5. The lowest BCUT2D eigenvalue weighted by Gasteiger charge is -2.32. The normalized spacial score (nSPS) is 23.2. The third kappa shape index (κ3) is 5.02. The van der Waals surface area contributed by atoms with Crippen LogP contribution in [0.3, 0.4) is 0 Å². The summed E-state index contributed by atoms with van der Waals surface area (Å²) in [6.07, 6.45) is 1.97. The lowest BCUT2D eigenvalue weighted by molar-refractivity contribution is -0.130. The van der Waals surface area contributed by atoms with E-state index in [0.29, 0.717) is 42.7 Å². The molecule has 1 unspecified atom stereocenters. The zero-order valence-electron chi connectivity index (χ0n) is 18.3. The van der Waals surface area contributed by atoms with Gasteiger partial charge in [-0.15, -0.1) is 0 Å². The van der Waals surface area contributed by atoms with Gasteiger partial charge in [0.1, 0.15) is 5.82 Å². The van der Waals surface area contributed by atoms with Gasteiger partial charge in [0.25, 0.3) is 0 Å². The van der Waals surface area contributed by atoms with Crippen LogP contribution in [-0.4, -0.2) is 65.9 Å². The molecule has 2 heterocycles. The Kier molecular flexibility index (Phi) is 6.53. The number of halogens is 1. The van der Waals surface area contributed by atoms with Crippen molar-refractivity contribution in [3.05, 3.63) is 46.9 Å². The van der Waals surface area contributed by atoms with Crippen molar-refractivity contribution in [1.29, 1.82) is 10.8 Å². The van der Waals surface area contributed by atoms with Gasteiger partial charge in [-0.2, -0.15) is 0 Å². The van der Waals surface area contributed by atoms with Crippen molar-refractivity contribution in [2.75, 3.05) is 32.7 Å². The number of nitrogens with one attached hydrogen (secondary N) is 3. The second-order valence-electron chi connectivity index (χ2n) is 9.13. The van der Waals surface area contributed by atoms with Gasteiger partial charge in [-0.05, 0) is 43.2 Å². The first-order valence-corrected chi connectivity index (χ1v) is 10.5. The second-order valence-corrected chi connectivity index (χ2v) is 9.13. The Morgan fingerprint density at radius 3 is 2.80 bits per heavy atom. The highest BCUT2D eigenvalue weighted by molar-refractivity contribution is 6.11. The Morgan fingerprint density at radius 1 is 1.40 bits per heavy atom. The van der Waals surface area contributed by atoms with Gasteiger partial charge < -0.3 is 21.0 Å². The van der Waals surface area contributed by atoms with Crippen LogP contribution in [0.1, 0.15) is 31.9 Å². The fraction of sp³-hybridized carbons (Fsp3) is 0.522. The van der Waals surface area contributed by atoms with Crippen molar-refractivity contribution in [1.82, 2.24) is 15.1 Å². The first-order chi connectivity index (χ1) is 14.1. The molecule has 1 atom stereocenters. The first-order valence-electron chi connectivity index (χ1n) is 10.5. The molecule has 0 radical (unpaired) electrons. The molecule has 0 aromatic heterocycles. The van der Waals surface area contributed by atoms with Crippen molar-refractivity contribution in [2.24, 2.45) is 5.41 Å². The summed E-state index contributed by atoms with van der Waals surface area (Å²) in [5, 5.41) is 20.4. The number of aryl methyl sites for hydroxylation is 1. The van der Waals surface area contributed by atoms with Gasteiger partial charge in [0, 0.05) is 49.8 Å². The molecule has 2 aliphatic rings. The van der Waals surface area contributed by atoms with Crippen LogP contribution in [0.5, 0.6) is 0 Å². The van der Waals surface area contributed by atoms with Gasteiger partial charge in [-0.25, -0.2) is 4.39 Å². The van der Waals surface area contributed by atoms with Crippen molar-refractivity contribution in [3.8, 4) is 0 Å². The summed E-state index contributed by atoms with van der Waals surface area (Å²) >= 11 is 0. The number of hydrogen-bond donors (Lipinski definition) is 3. The number of allylic oxidation sites excluding steroid dienone is 2. The number of hydrogen-bond acceptors (Lipinski definition) is 5. The van der Waals surface area contributed by atoms with E-state index in [1.165, 1.54) is 12.1 Å². The monoisotopic (exact) mass is 413 g/mol. The summed E-state index contributed by atoms with van der Waals surface area (Å²) in [5.74, 6) is -0.323. The van der Waals surface area contributed by atoms with Crippen LogP contribution in [0.15, 0.2) is 30.0 Å². The van der Waals surface area contributed by atoms with E-state index in [0.717, 1.165) is 30.8 Å². The standard InChI is InChI=1S/C23H32FN5O/c1-15-9-18(24)6-5-17(15)10-19(25)11-20-22(26)23(3,4)14-29(20)21(30)13-28-8-7-27-16(2)12-28/h5-6,9,11,16,25-27H,7-8,10,12-14H2,1-4H3/b20-11+,25-19?,26-22?. The van der Waals surface area contributed by atoms with Crippen molar-refractivity contribution in [2.45, 2.75) is 40.2 Å². The van der Waals surface area contributed by atoms with Gasteiger partial charge in [-0.1, -0.05) is 19.9 Å². The van der Waals surface area contributed by atoms with E-state index < -0.39 is 5.41 Å². The molecule has 0 aliphatic carbocycles. The second kappa shape index (κ2) is 8.78. The largest absolute Gasteiger partial charge is 0.312 e. The van der Waals surface area contributed by atoms with Gasteiger partial charge in [-0.3, -0.25) is 9.69 Å². The third-order valence-corrected chi connectivity index (χ3v) is 5.89. The van der Waals surface area contributed by atoms with Gasteiger partial charge in [0.05, 0.1) is 18.0 Å². The smallest absolute Gasteiger partial charge is 0.241 e. The predicted octanol–water partition coefficient (Wildman–Crippen LogP) is 2.76. The van der Waals surface area contributed by atoms with Crippen LogP contribution in [0.25, 0.3) is 0 Å². The predicted molar refractivity (Wildman–Crippen MR) is 118 cm³/mol. The number of amides is 1. The molecular weight excluding hydrogens is 381 g/mol. The molecule has 1 aromatic rings. The van der Waals surface area contributed by atoms with E-state index in [9.17, 15) is 9.18 Å². The molecule has 2 fully saturated rings. The fourth-order valence-electron chi connectivity index (χ4n) is 4.13. The lowest BCUT2D eigenvalue weighted by Crippen LogP contribution is -2.52. The SMILES string of the molecule is Cc1cc(F)ccc1CC(=N)/C=C1\C(=N)C(C)(C)CN1C(=O)CN1CCNC(C)C1. The Balaban J connectivity index is 1.77. The molecule has 3 rings (SSSR count). The van der Waals surface area contributed by atoms with E-state index in [-0.39, 0.29) is 11.7 Å². The van der Waals surface area contributed by atoms with E-state index in [2.05, 4.69) is 17.1 Å². The Labute approximate surface area is 178 Å². The summed E-state index contributed by atoms with van der Waals surface area (Å²) in [5.41, 5.74) is 2.40. The highest BCUT2D eigenvalue weighted by Gasteiger charge is 2.41. The molecule has 0 saturated carbocycles. The van der Waals surface area contributed by atoms with E-state index in [1.807, 2.05) is 20.8 Å². The number of piperazine rings is 1. The van der Waals surface area contributed by atoms with Crippen LogP contribution in [0.2, 0.25) is 0 Å². The molecule has 1 aromatic carbocycles. The van der Waals surface area contributed by atoms with Crippen LogP contribution in [0, 0.1) is 29.0 Å². The number of nitrogens with zero attached hydrogens (tertiary/aromatic N) is 2. The average Bonchev–Trinajstić information content (AvgIpc) is 2.88. The fourth-order valence-corrected chi connectivity index (χ4v) is 4.13. The minimum absolute atomic E-state index is 0.0311. The molecule has 2 aliphatic heterocycles. The summed E-state index contributed by atoms with van der Waals surface area (Å²) in [7, 11) is 0. The maximum atomic E-state index is 13.4. The zero-order valence-corrected chi connectivity index (χ0v) is 18.3. The van der Waals surface area contributed by atoms with Gasteiger partial charge in [0.2, 0.25) is 5.91 Å². The van der Waals surface area contributed by atoms with Gasteiger partial charge in [0.15, 0.2) is 0 Å². The quantitative estimate of drug-likeness (QED) is 0.649. The first kappa shape index (κ1) is 22.3. The highest BCUT2D eigenvalue weighted by atomic mass is 19.1. The maximum absolute atomic E-state index is 13.4. The van der Waals surface area contributed by atoms with Crippen LogP contribution in [-0.2, 0) is 11.2 Å². The maximum Gasteiger partial charge on any atom is 0.241 e. The van der Waals surface area contributed by atoms with Gasteiger partial charge >= 0.3 is 0 Å². The van der Waals surface area contributed by atoms with E-state index in [4.69, 9.17) is 10.8 Å². The van der Waals surface area contributed by atoms with E-state index >= 15 is 0 Å². The minimum Gasteiger partial charge on any atom is -0.312 e. The number of likely N-dealkylation sites (tertiary alicyclic amines) is 1.